The van der Waals surface area contributed by atoms with E-state index in [4.69, 9.17) is 0 Å². The smallest absolute Gasteiger partial charge is 0.295 e. The SMILES string of the molecule is CC(O)CN1C(=O)C(=O)/C(=C(/O)c2ccccc2)C1c1ccccc1F. The van der Waals surface area contributed by atoms with E-state index in [0.29, 0.717) is 5.56 Å². The molecule has 2 atom stereocenters. The molecule has 0 bridgehead atoms. The van der Waals surface area contributed by atoms with Crippen molar-refractivity contribution in [3.8, 4) is 0 Å². The molecule has 0 spiro atoms. The molecule has 1 fully saturated rings. The van der Waals surface area contributed by atoms with Crippen LogP contribution < -0.4 is 0 Å². The highest BCUT2D eigenvalue weighted by atomic mass is 19.1. The molecule has 134 valence electrons. The van der Waals surface area contributed by atoms with Gasteiger partial charge in [-0.3, -0.25) is 9.59 Å². The number of carbonyl (C=O) groups is 2. The first-order valence-electron chi connectivity index (χ1n) is 8.18. The third-order valence-electron chi connectivity index (χ3n) is 4.25. The molecular weight excluding hydrogens is 337 g/mol. The van der Waals surface area contributed by atoms with Crippen LogP contribution in [0.15, 0.2) is 60.2 Å². The fourth-order valence-corrected chi connectivity index (χ4v) is 3.12. The van der Waals surface area contributed by atoms with E-state index in [9.17, 15) is 24.2 Å². The number of ketones is 1. The van der Waals surface area contributed by atoms with Crippen molar-refractivity contribution in [3.05, 3.63) is 77.1 Å². The maximum absolute atomic E-state index is 14.4. The van der Waals surface area contributed by atoms with Gasteiger partial charge in [0.25, 0.3) is 11.7 Å². The summed E-state index contributed by atoms with van der Waals surface area (Å²) in [6.07, 6.45) is -0.917. The van der Waals surface area contributed by atoms with Crippen molar-refractivity contribution in [2.75, 3.05) is 6.54 Å². The third-order valence-corrected chi connectivity index (χ3v) is 4.25. The summed E-state index contributed by atoms with van der Waals surface area (Å²) >= 11 is 0. The quantitative estimate of drug-likeness (QED) is 0.502. The summed E-state index contributed by atoms with van der Waals surface area (Å²) in [6.45, 7) is 1.31. The molecule has 2 aromatic rings. The number of aliphatic hydroxyl groups is 2. The lowest BCUT2D eigenvalue weighted by Crippen LogP contribution is -2.35. The van der Waals surface area contributed by atoms with E-state index in [2.05, 4.69) is 0 Å². The van der Waals surface area contributed by atoms with Gasteiger partial charge >= 0.3 is 0 Å². The second kappa shape index (κ2) is 7.09. The second-order valence-electron chi connectivity index (χ2n) is 6.19. The minimum absolute atomic E-state index is 0.0878. The number of carbonyl (C=O) groups excluding carboxylic acids is 2. The highest BCUT2D eigenvalue weighted by Gasteiger charge is 2.47. The second-order valence-corrected chi connectivity index (χ2v) is 6.19. The van der Waals surface area contributed by atoms with Gasteiger partial charge < -0.3 is 15.1 Å². The van der Waals surface area contributed by atoms with E-state index in [1.807, 2.05) is 0 Å². The molecule has 2 unspecified atom stereocenters. The molecule has 2 aromatic carbocycles. The van der Waals surface area contributed by atoms with Crippen LogP contribution in [-0.4, -0.2) is 39.5 Å². The predicted octanol–water partition coefficient (Wildman–Crippen LogP) is 2.63. The molecular formula is C20H18FNO4. The van der Waals surface area contributed by atoms with E-state index < -0.39 is 29.7 Å². The van der Waals surface area contributed by atoms with Gasteiger partial charge in [-0.05, 0) is 13.0 Å². The summed E-state index contributed by atoms with van der Waals surface area (Å²) in [5.74, 6) is -2.75. The fraction of sp³-hybridized carbons (Fsp3) is 0.200. The molecule has 2 N–H and O–H groups in total. The topological polar surface area (TPSA) is 77.8 Å². The Morgan fingerprint density at radius 2 is 1.73 bits per heavy atom. The Bertz CT molecular complexity index is 876. The summed E-state index contributed by atoms with van der Waals surface area (Å²) in [6, 6.07) is 13.0. The van der Waals surface area contributed by atoms with Crippen molar-refractivity contribution in [1.29, 1.82) is 0 Å². The van der Waals surface area contributed by atoms with Gasteiger partial charge in [-0.1, -0.05) is 48.5 Å². The zero-order valence-corrected chi connectivity index (χ0v) is 14.1. The van der Waals surface area contributed by atoms with Crippen LogP contribution in [-0.2, 0) is 9.59 Å². The van der Waals surface area contributed by atoms with Crippen molar-refractivity contribution in [2.24, 2.45) is 0 Å². The maximum Gasteiger partial charge on any atom is 0.295 e. The Labute approximate surface area is 150 Å². The molecule has 3 rings (SSSR count). The van der Waals surface area contributed by atoms with E-state index in [-0.39, 0.29) is 23.4 Å². The van der Waals surface area contributed by atoms with E-state index in [1.54, 1.807) is 36.4 Å². The van der Waals surface area contributed by atoms with Gasteiger partial charge in [-0.2, -0.15) is 0 Å². The number of nitrogens with zero attached hydrogens (tertiary/aromatic N) is 1. The van der Waals surface area contributed by atoms with Gasteiger partial charge in [0.05, 0.1) is 17.7 Å². The van der Waals surface area contributed by atoms with Crippen molar-refractivity contribution in [3.63, 3.8) is 0 Å². The third kappa shape index (κ3) is 3.11. The number of rotatable bonds is 4. The van der Waals surface area contributed by atoms with Gasteiger partial charge in [-0.25, -0.2) is 4.39 Å². The molecule has 26 heavy (non-hydrogen) atoms. The minimum atomic E-state index is -1.11. The standard InChI is InChI=1S/C20H18FNO4/c1-12(23)11-22-17(14-9-5-6-10-15(14)21)16(19(25)20(22)26)18(24)13-7-3-2-4-8-13/h2-10,12,17,23-24H,11H2,1H3/b18-16+. The Hall–Kier alpha value is -2.99. The molecule has 1 heterocycles. The van der Waals surface area contributed by atoms with Gasteiger partial charge in [0.1, 0.15) is 11.6 Å². The monoisotopic (exact) mass is 355 g/mol. The number of likely N-dealkylation sites (tertiary alicyclic amines) is 1. The molecule has 1 saturated heterocycles. The van der Waals surface area contributed by atoms with Crippen molar-refractivity contribution < 1.29 is 24.2 Å². The Balaban J connectivity index is 2.22. The van der Waals surface area contributed by atoms with Crippen LogP contribution in [0.1, 0.15) is 24.1 Å². The Kier molecular flexibility index (Phi) is 4.86. The molecule has 1 amide bonds. The number of β-amino-alcohol motifs (C(OH)–C–C–N with tert-alkyl or cyclic N) is 1. The zero-order chi connectivity index (χ0) is 18.8. The summed E-state index contributed by atoms with van der Waals surface area (Å²) in [4.78, 5) is 26.2. The van der Waals surface area contributed by atoms with E-state index >= 15 is 0 Å². The number of halogens is 1. The molecule has 0 aromatic heterocycles. The van der Waals surface area contributed by atoms with Crippen molar-refractivity contribution >= 4 is 17.4 Å². The summed E-state index contributed by atoms with van der Waals surface area (Å²) in [5, 5.41) is 20.4. The number of Topliss-reactive ketones (excluding diaryl/α,β-unsaturated/α-hetero) is 1. The number of hydrogen-bond donors (Lipinski definition) is 2. The van der Waals surface area contributed by atoms with Crippen LogP contribution in [0, 0.1) is 5.82 Å². The largest absolute Gasteiger partial charge is 0.507 e. The van der Waals surface area contributed by atoms with Gasteiger partial charge in [-0.15, -0.1) is 0 Å². The first kappa shape index (κ1) is 17.8. The first-order chi connectivity index (χ1) is 12.4. The Morgan fingerprint density at radius 1 is 1.12 bits per heavy atom. The van der Waals surface area contributed by atoms with Crippen LogP contribution in [0.2, 0.25) is 0 Å². The van der Waals surface area contributed by atoms with Crippen LogP contribution in [0.25, 0.3) is 5.76 Å². The predicted molar refractivity (Wildman–Crippen MR) is 93.5 cm³/mol. The lowest BCUT2D eigenvalue weighted by molar-refractivity contribution is -0.140. The Morgan fingerprint density at radius 3 is 2.35 bits per heavy atom. The number of amides is 1. The minimum Gasteiger partial charge on any atom is -0.507 e. The van der Waals surface area contributed by atoms with E-state index in [1.165, 1.54) is 25.1 Å². The molecule has 1 aliphatic rings. The molecule has 0 radical (unpaired) electrons. The van der Waals surface area contributed by atoms with Crippen LogP contribution >= 0.6 is 0 Å². The summed E-state index contributed by atoms with van der Waals surface area (Å²) in [7, 11) is 0. The lowest BCUT2D eigenvalue weighted by atomic mass is 9.95. The first-order valence-corrected chi connectivity index (χ1v) is 8.18. The lowest BCUT2D eigenvalue weighted by Gasteiger charge is -2.26. The highest BCUT2D eigenvalue weighted by molar-refractivity contribution is 6.46. The van der Waals surface area contributed by atoms with Gasteiger partial charge in [0, 0.05) is 17.7 Å². The van der Waals surface area contributed by atoms with Crippen molar-refractivity contribution in [2.45, 2.75) is 19.1 Å². The normalized spacial score (nSPS) is 20.4. The summed E-state index contributed by atoms with van der Waals surface area (Å²) < 4.78 is 14.4. The average Bonchev–Trinajstić information content (AvgIpc) is 2.87. The zero-order valence-electron chi connectivity index (χ0n) is 14.1. The van der Waals surface area contributed by atoms with Gasteiger partial charge in [0.15, 0.2) is 0 Å². The van der Waals surface area contributed by atoms with Crippen LogP contribution in [0.4, 0.5) is 4.39 Å². The van der Waals surface area contributed by atoms with Crippen LogP contribution in [0.5, 0.6) is 0 Å². The highest BCUT2D eigenvalue weighted by Crippen LogP contribution is 2.40. The average molecular weight is 355 g/mol. The number of hydrogen-bond acceptors (Lipinski definition) is 4. The fourth-order valence-electron chi connectivity index (χ4n) is 3.12. The van der Waals surface area contributed by atoms with Gasteiger partial charge in [0.2, 0.25) is 0 Å². The molecule has 5 nitrogen and oxygen atoms in total. The molecule has 0 aliphatic carbocycles. The van der Waals surface area contributed by atoms with Crippen molar-refractivity contribution in [1.82, 2.24) is 4.90 Å². The molecule has 6 heteroatoms. The summed E-state index contributed by atoms with van der Waals surface area (Å²) in [5.41, 5.74) is 0.251. The molecule has 1 aliphatic heterocycles. The molecule has 0 saturated carbocycles. The maximum atomic E-state index is 14.4. The number of benzene rings is 2. The number of aliphatic hydroxyl groups excluding tert-OH is 2. The van der Waals surface area contributed by atoms with E-state index in [0.717, 1.165) is 4.90 Å². The van der Waals surface area contributed by atoms with Crippen LogP contribution in [0.3, 0.4) is 0 Å².